The summed E-state index contributed by atoms with van der Waals surface area (Å²) in [5.74, 6) is 0. The van der Waals surface area contributed by atoms with Crippen molar-refractivity contribution in [3.8, 4) is 0 Å². The number of fused-ring (bicyclic) bond motifs is 6. The molecule has 0 atom stereocenters. The van der Waals surface area contributed by atoms with Crippen LogP contribution in [-0.4, -0.2) is 0 Å². The average Bonchev–Trinajstić information content (AvgIpc) is 3.67. The molecule has 2 aromatic heterocycles. The van der Waals surface area contributed by atoms with Gasteiger partial charge in [-0.05, 0) is 91.9 Å². The van der Waals surface area contributed by atoms with Crippen LogP contribution in [0.3, 0.4) is 0 Å². The molecule has 0 amide bonds. The Labute approximate surface area is 277 Å². The fourth-order valence-corrected chi connectivity index (χ4v) is 7.75. The number of hydrogen-bond acceptors (Lipinski definition) is 4. The number of rotatable bonds is 6. The first-order valence-electron chi connectivity index (χ1n) is 15.8. The Morgan fingerprint density at radius 1 is 0.383 bits per heavy atom. The molecule has 0 bridgehead atoms. The summed E-state index contributed by atoms with van der Waals surface area (Å²) in [6, 6.07) is 58.4. The molecule has 0 aliphatic heterocycles. The number of benzene rings is 7. The second-order valence-corrected chi connectivity index (χ2v) is 13.0. The lowest BCUT2D eigenvalue weighted by Crippen LogP contribution is -2.09. The highest BCUT2D eigenvalue weighted by Crippen LogP contribution is 2.44. The number of aryl methyl sites for hydroxylation is 1. The molecule has 0 N–H and O–H groups in total. The van der Waals surface area contributed by atoms with Crippen LogP contribution in [0.1, 0.15) is 5.56 Å². The number of furan rings is 1. The first kappa shape index (κ1) is 27.5. The summed E-state index contributed by atoms with van der Waals surface area (Å²) in [5, 5.41) is 4.78. The Bertz CT molecular complexity index is 2490. The second-order valence-electron chi connectivity index (χ2n) is 11.9. The van der Waals surface area contributed by atoms with Gasteiger partial charge < -0.3 is 14.2 Å². The van der Waals surface area contributed by atoms with Gasteiger partial charge in [-0.1, -0.05) is 78.4 Å². The normalized spacial score (nSPS) is 11.5. The molecule has 0 aliphatic rings. The predicted octanol–water partition coefficient (Wildman–Crippen LogP) is 13.2. The van der Waals surface area contributed by atoms with E-state index in [9.17, 15) is 0 Å². The van der Waals surface area contributed by atoms with Crippen LogP contribution in [0, 0.1) is 6.92 Å². The summed E-state index contributed by atoms with van der Waals surface area (Å²) < 4.78 is 8.84. The van der Waals surface area contributed by atoms with Crippen molar-refractivity contribution in [1.82, 2.24) is 0 Å². The fraction of sp³-hybridized carbons (Fsp3) is 0.0233. The third kappa shape index (κ3) is 4.82. The van der Waals surface area contributed by atoms with Crippen LogP contribution in [0.25, 0.3) is 42.1 Å². The lowest BCUT2D eigenvalue weighted by atomic mass is 10.1. The predicted molar refractivity (Wildman–Crippen MR) is 201 cm³/mol. The highest BCUT2D eigenvalue weighted by atomic mass is 32.1. The van der Waals surface area contributed by atoms with Crippen molar-refractivity contribution in [3.63, 3.8) is 0 Å². The van der Waals surface area contributed by atoms with Gasteiger partial charge in [0.1, 0.15) is 11.2 Å². The van der Waals surface area contributed by atoms with Crippen molar-refractivity contribution in [3.05, 3.63) is 169 Å². The topological polar surface area (TPSA) is 19.6 Å². The second kappa shape index (κ2) is 11.2. The lowest BCUT2D eigenvalue weighted by Gasteiger charge is -2.26. The Morgan fingerprint density at radius 3 is 1.66 bits per heavy atom. The summed E-state index contributed by atoms with van der Waals surface area (Å²) in [4.78, 5) is 4.65. The van der Waals surface area contributed by atoms with E-state index in [1.165, 1.54) is 25.7 Å². The molecule has 0 aliphatic carbocycles. The molecule has 0 radical (unpaired) electrons. The SMILES string of the molecule is Cc1ccc(N(c2ccc3c(c2)oc2ccccc23)c2ccc3sc4cc(N(c5ccccc5)c5ccccc5)ccc4c3c2)cc1. The van der Waals surface area contributed by atoms with Gasteiger partial charge >= 0.3 is 0 Å². The van der Waals surface area contributed by atoms with Gasteiger partial charge in [-0.25, -0.2) is 0 Å². The summed E-state index contributed by atoms with van der Waals surface area (Å²) in [5.41, 5.74) is 9.71. The third-order valence-corrected chi connectivity index (χ3v) is 10.0. The maximum absolute atomic E-state index is 6.31. The summed E-state index contributed by atoms with van der Waals surface area (Å²) in [7, 11) is 0. The Hall–Kier alpha value is -5.84. The molecular formula is C43H30N2OS. The minimum Gasteiger partial charge on any atom is -0.456 e. The standard InChI is InChI=1S/C43H30N2OS/c1-29-16-18-32(19-17-29)45(34-20-23-37-36-14-8-9-15-40(36)46-41(37)27-34)33-22-25-42-39(26-33)38-24-21-35(28-43(38)47-42)44(30-10-4-2-5-11-30)31-12-6-3-7-13-31/h2-28H,1H3. The fourth-order valence-electron chi connectivity index (χ4n) is 6.63. The van der Waals surface area contributed by atoms with Crippen LogP contribution in [0.2, 0.25) is 0 Å². The van der Waals surface area contributed by atoms with E-state index in [0.717, 1.165) is 56.1 Å². The van der Waals surface area contributed by atoms with Crippen molar-refractivity contribution >= 4 is 87.6 Å². The van der Waals surface area contributed by atoms with E-state index >= 15 is 0 Å². The number of nitrogens with zero attached hydrogens (tertiary/aromatic N) is 2. The molecule has 0 unspecified atom stereocenters. The van der Waals surface area contributed by atoms with E-state index in [-0.39, 0.29) is 0 Å². The Morgan fingerprint density at radius 2 is 0.915 bits per heavy atom. The molecule has 0 saturated heterocycles. The Kier molecular flexibility index (Phi) is 6.54. The first-order chi connectivity index (χ1) is 23.2. The van der Waals surface area contributed by atoms with E-state index in [1.807, 2.05) is 23.5 Å². The molecule has 0 saturated carbocycles. The summed E-state index contributed by atoms with van der Waals surface area (Å²) in [6.45, 7) is 2.13. The van der Waals surface area contributed by atoms with E-state index in [2.05, 4.69) is 168 Å². The van der Waals surface area contributed by atoms with E-state index < -0.39 is 0 Å². The van der Waals surface area contributed by atoms with Crippen LogP contribution < -0.4 is 9.80 Å². The van der Waals surface area contributed by atoms with Crippen LogP contribution >= 0.6 is 11.3 Å². The molecule has 0 fully saturated rings. The van der Waals surface area contributed by atoms with Gasteiger partial charge in [0.05, 0.1) is 0 Å². The van der Waals surface area contributed by atoms with E-state index in [1.54, 1.807) is 0 Å². The van der Waals surface area contributed by atoms with Crippen LogP contribution in [0.4, 0.5) is 34.1 Å². The van der Waals surface area contributed by atoms with Crippen molar-refractivity contribution in [2.75, 3.05) is 9.80 Å². The largest absolute Gasteiger partial charge is 0.456 e. The molecule has 9 rings (SSSR count). The Balaban J connectivity index is 1.18. The van der Waals surface area contributed by atoms with Gasteiger partial charge in [0.25, 0.3) is 0 Å². The van der Waals surface area contributed by atoms with Gasteiger partial charge in [-0.2, -0.15) is 0 Å². The molecule has 3 nitrogen and oxygen atoms in total. The lowest BCUT2D eigenvalue weighted by molar-refractivity contribution is 0.669. The first-order valence-corrected chi connectivity index (χ1v) is 16.7. The van der Waals surface area contributed by atoms with Crippen molar-refractivity contribution < 1.29 is 4.42 Å². The van der Waals surface area contributed by atoms with Gasteiger partial charge in [0, 0.05) is 71.1 Å². The number of anilines is 6. The van der Waals surface area contributed by atoms with Gasteiger partial charge in [-0.15, -0.1) is 11.3 Å². The highest BCUT2D eigenvalue weighted by Gasteiger charge is 2.18. The average molecular weight is 623 g/mol. The van der Waals surface area contributed by atoms with Crippen molar-refractivity contribution in [2.24, 2.45) is 0 Å². The molecule has 2 heterocycles. The third-order valence-electron chi connectivity index (χ3n) is 8.90. The molecule has 4 heteroatoms. The zero-order valence-corrected chi connectivity index (χ0v) is 26.6. The monoisotopic (exact) mass is 622 g/mol. The summed E-state index contributed by atoms with van der Waals surface area (Å²) in [6.07, 6.45) is 0. The number of para-hydroxylation sites is 3. The van der Waals surface area contributed by atoms with Gasteiger partial charge in [-0.3, -0.25) is 0 Å². The van der Waals surface area contributed by atoms with Gasteiger partial charge in [0.2, 0.25) is 0 Å². The number of thiophene rings is 1. The van der Waals surface area contributed by atoms with E-state index in [4.69, 9.17) is 4.42 Å². The minimum absolute atomic E-state index is 0.886. The van der Waals surface area contributed by atoms with Crippen LogP contribution in [0.15, 0.2) is 168 Å². The van der Waals surface area contributed by atoms with Crippen LogP contribution in [0.5, 0.6) is 0 Å². The molecule has 7 aromatic carbocycles. The molecular weight excluding hydrogens is 593 g/mol. The highest BCUT2D eigenvalue weighted by molar-refractivity contribution is 7.25. The van der Waals surface area contributed by atoms with Crippen LogP contribution in [-0.2, 0) is 0 Å². The quantitative estimate of drug-likeness (QED) is 0.184. The molecule has 0 spiro atoms. The maximum atomic E-state index is 6.31. The minimum atomic E-state index is 0.886. The van der Waals surface area contributed by atoms with Gasteiger partial charge in [0.15, 0.2) is 0 Å². The summed E-state index contributed by atoms with van der Waals surface area (Å²) >= 11 is 1.84. The number of hydrogen-bond donors (Lipinski definition) is 0. The molecule has 47 heavy (non-hydrogen) atoms. The van der Waals surface area contributed by atoms with Crippen molar-refractivity contribution in [1.29, 1.82) is 0 Å². The maximum Gasteiger partial charge on any atom is 0.137 e. The smallest absolute Gasteiger partial charge is 0.137 e. The van der Waals surface area contributed by atoms with E-state index in [0.29, 0.717) is 0 Å². The molecule has 224 valence electrons. The van der Waals surface area contributed by atoms with Crippen molar-refractivity contribution in [2.45, 2.75) is 6.92 Å². The molecule has 9 aromatic rings. The zero-order chi connectivity index (χ0) is 31.3. The zero-order valence-electron chi connectivity index (χ0n) is 25.8.